The van der Waals surface area contributed by atoms with Gasteiger partial charge in [-0.2, -0.15) is 4.31 Å². The number of sulfonamides is 1. The van der Waals surface area contributed by atoms with E-state index in [0.29, 0.717) is 18.7 Å². The summed E-state index contributed by atoms with van der Waals surface area (Å²) in [4.78, 5) is 12.4. The maximum Gasteiger partial charge on any atom is 0.251 e. The molecule has 0 bridgehead atoms. The Morgan fingerprint density at radius 1 is 1.29 bits per heavy atom. The number of piperidine rings is 1. The van der Waals surface area contributed by atoms with Gasteiger partial charge in [0.25, 0.3) is 5.91 Å². The number of hydrogen-bond donors (Lipinski definition) is 2. The van der Waals surface area contributed by atoms with Crippen LogP contribution in [0.1, 0.15) is 50.4 Å². The van der Waals surface area contributed by atoms with E-state index in [4.69, 9.17) is 5.73 Å². The molecule has 1 amide bonds. The van der Waals surface area contributed by atoms with Crippen LogP contribution in [0.5, 0.6) is 0 Å². The topological polar surface area (TPSA) is 92.5 Å². The molecule has 3 N–H and O–H groups in total. The van der Waals surface area contributed by atoms with Crippen LogP contribution in [0.3, 0.4) is 0 Å². The standard InChI is InChI=1S/C17H27N3O3S/c1-13-6-4-5-11-20(13)24(22,23)15-9-7-14(8-10-15)16(21)19-17(2,3)12-18/h7-10,13H,4-6,11-12,18H2,1-3H3,(H,19,21). The molecule has 1 saturated heterocycles. The van der Waals surface area contributed by atoms with Gasteiger partial charge in [0.2, 0.25) is 10.0 Å². The summed E-state index contributed by atoms with van der Waals surface area (Å²) in [6.07, 6.45) is 2.83. The second-order valence-electron chi connectivity index (χ2n) is 7.03. The predicted molar refractivity (Wildman–Crippen MR) is 94.2 cm³/mol. The molecular formula is C17H27N3O3S. The lowest BCUT2D eigenvalue weighted by Gasteiger charge is -2.32. The maximum atomic E-state index is 12.8. The van der Waals surface area contributed by atoms with Crippen molar-refractivity contribution in [2.75, 3.05) is 13.1 Å². The summed E-state index contributed by atoms with van der Waals surface area (Å²) in [6, 6.07) is 6.10. The van der Waals surface area contributed by atoms with Crippen molar-refractivity contribution in [3.63, 3.8) is 0 Å². The van der Waals surface area contributed by atoms with Crippen molar-refractivity contribution in [3.8, 4) is 0 Å². The van der Waals surface area contributed by atoms with Gasteiger partial charge in [0.1, 0.15) is 0 Å². The largest absolute Gasteiger partial charge is 0.346 e. The molecule has 7 heteroatoms. The lowest BCUT2D eigenvalue weighted by molar-refractivity contribution is 0.0915. The van der Waals surface area contributed by atoms with E-state index < -0.39 is 15.6 Å². The molecule has 1 fully saturated rings. The van der Waals surface area contributed by atoms with Crippen LogP contribution in [-0.4, -0.2) is 43.3 Å². The Hall–Kier alpha value is -1.44. The predicted octanol–water partition coefficient (Wildman–Crippen LogP) is 1.72. The number of nitrogens with two attached hydrogens (primary N) is 1. The minimum absolute atomic E-state index is 0.0112. The van der Waals surface area contributed by atoms with E-state index in [1.165, 1.54) is 12.1 Å². The number of nitrogens with zero attached hydrogens (tertiary/aromatic N) is 1. The SMILES string of the molecule is CC1CCCCN1S(=O)(=O)c1ccc(C(=O)NC(C)(C)CN)cc1. The van der Waals surface area contributed by atoms with Crippen LogP contribution in [0.25, 0.3) is 0 Å². The lowest BCUT2D eigenvalue weighted by atomic mass is 10.1. The fourth-order valence-corrected chi connectivity index (χ4v) is 4.47. The van der Waals surface area contributed by atoms with E-state index in [0.717, 1.165) is 19.3 Å². The highest BCUT2D eigenvalue weighted by Gasteiger charge is 2.31. The van der Waals surface area contributed by atoms with Crippen molar-refractivity contribution in [2.24, 2.45) is 5.73 Å². The Morgan fingerprint density at radius 2 is 1.92 bits per heavy atom. The summed E-state index contributed by atoms with van der Waals surface area (Å²) in [5, 5.41) is 2.83. The highest BCUT2D eigenvalue weighted by molar-refractivity contribution is 7.89. The van der Waals surface area contributed by atoms with Gasteiger partial charge in [0.05, 0.1) is 4.90 Å². The third kappa shape index (κ3) is 4.15. The molecule has 1 atom stereocenters. The summed E-state index contributed by atoms with van der Waals surface area (Å²) in [6.45, 7) is 6.48. The average Bonchev–Trinajstić information content (AvgIpc) is 2.55. The number of carbonyl (C=O) groups is 1. The molecule has 1 aromatic rings. The summed E-state index contributed by atoms with van der Waals surface area (Å²) >= 11 is 0. The molecule has 1 heterocycles. The van der Waals surface area contributed by atoms with Crippen molar-refractivity contribution >= 4 is 15.9 Å². The van der Waals surface area contributed by atoms with Crippen LogP contribution in [0.2, 0.25) is 0 Å². The fourth-order valence-electron chi connectivity index (χ4n) is 2.77. The molecule has 0 aromatic heterocycles. The van der Waals surface area contributed by atoms with E-state index in [-0.39, 0.29) is 16.8 Å². The summed E-state index contributed by atoms with van der Waals surface area (Å²) in [5.74, 6) is -0.263. The first-order valence-electron chi connectivity index (χ1n) is 8.32. The van der Waals surface area contributed by atoms with Gasteiger partial charge in [-0.25, -0.2) is 8.42 Å². The van der Waals surface area contributed by atoms with Crippen molar-refractivity contribution < 1.29 is 13.2 Å². The van der Waals surface area contributed by atoms with Gasteiger partial charge in [0, 0.05) is 30.2 Å². The number of nitrogens with one attached hydrogen (secondary N) is 1. The van der Waals surface area contributed by atoms with Crippen LogP contribution in [-0.2, 0) is 10.0 Å². The molecule has 0 spiro atoms. The molecular weight excluding hydrogens is 326 g/mol. The number of hydrogen-bond acceptors (Lipinski definition) is 4. The Morgan fingerprint density at radius 3 is 2.46 bits per heavy atom. The molecule has 2 rings (SSSR count). The molecule has 1 aliphatic heterocycles. The molecule has 0 saturated carbocycles. The third-order valence-corrected chi connectivity index (χ3v) is 6.46. The molecule has 1 unspecified atom stereocenters. The van der Waals surface area contributed by atoms with Gasteiger partial charge in [-0.1, -0.05) is 6.42 Å². The number of amides is 1. The minimum atomic E-state index is -3.51. The number of carbonyl (C=O) groups excluding carboxylic acids is 1. The third-order valence-electron chi connectivity index (χ3n) is 4.43. The Balaban J connectivity index is 2.18. The van der Waals surface area contributed by atoms with Gasteiger partial charge < -0.3 is 11.1 Å². The zero-order chi connectivity index (χ0) is 18.0. The normalized spacial score (nSPS) is 19.9. The molecule has 0 aliphatic carbocycles. The van der Waals surface area contributed by atoms with E-state index in [1.54, 1.807) is 16.4 Å². The Kier molecular flexibility index (Phi) is 5.67. The highest BCUT2D eigenvalue weighted by atomic mass is 32.2. The summed E-state index contributed by atoms with van der Waals surface area (Å²) in [5.41, 5.74) is 5.52. The van der Waals surface area contributed by atoms with E-state index in [2.05, 4.69) is 5.32 Å². The highest BCUT2D eigenvalue weighted by Crippen LogP contribution is 2.25. The second kappa shape index (κ2) is 7.21. The van der Waals surface area contributed by atoms with Crippen LogP contribution >= 0.6 is 0 Å². The van der Waals surface area contributed by atoms with Gasteiger partial charge >= 0.3 is 0 Å². The van der Waals surface area contributed by atoms with Crippen LogP contribution in [0, 0.1) is 0 Å². The number of rotatable bonds is 5. The van der Waals surface area contributed by atoms with Gasteiger partial charge in [-0.3, -0.25) is 4.79 Å². The maximum absolute atomic E-state index is 12.8. The Bertz CT molecular complexity index is 684. The summed E-state index contributed by atoms with van der Waals surface area (Å²) in [7, 11) is -3.51. The van der Waals surface area contributed by atoms with Crippen LogP contribution in [0.4, 0.5) is 0 Å². The first-order chi connectivity index (χ1) is 11.2. The van der Waals surface area contributed by atoms with Crippen LogP contribution < -0.4 is 11.1 Å². The van der Waals surface area contributed by atoms with Crippen molar-refractivity contribution in [1.82, 2.24) is 9.62 Å². The fraction of sp³-hybridized carbons (Fsp3) is 0.588. The first-order valence-corrected chi connectivity index (χ1v) is 9.76. The molecule has 24 heavy (non-hydrogen) atoms. The quantitative estimate of drug-likeness (QED) is 0.843. The van der Waals surface area contributed by atoms with Gasteiger partial charge in [-0.15, -0.1) is 0 Å². The molecule has 1 aliphatic rings. The smallest absolute Gasteiger partial charge is 0.251 e. The van der Waals surface area contributed by atoms with Crippen molar-refractivity contribution in [2.45, 2.75) is 56.5 Å². The Labute approximate surface area is 144 Å². The van der Waals surface area contributed by atoms with E-state index in [1.807, 2.05) is 20.8 Å². The molecule has 1 aromatic carbocycles. The van der Waals surface area contributed by atoms with E-state index >= 15 is 0 Å². The minimum Gasteiger partial charge on any atom is -0.346 e. The lowest BCUT2D eigenvalue weighted by Crippen LogP contribution is -2.48. The average molecular weight is 353 g/mol. The van der Waals surface area contributed by atoms with E-state index in [9.17, 15) is 13.2 Å². The summed E-state index contributed by atoms with van der Waals surface area (Å²) < 4.78 is 27.1. The van der Waals surface area contributed by atoms with Gasteiger partial charge in [0.15, 0.2) is 0 Å². The molecule has 6 nitrogen and oxygen atoms in total. The van der Waals surface area contributed by atoms with Crippen molar-refractivity contribution in [1.29, 1.82) is 0 Å². The van der Waals surface area contributed by atoms with Crippen molar-refractivity contribution in [3.05, 3.63) is 29.8 Å². The molecule has 0 radical (unpaired) electrons. The van der Waals surface area contributed by atoms with Crippen LogP contribution in [0.15, 0.2) is 29.2 Å². The first kappa shape index (κ1) is 18.9. The number of benzene rings is 1. The van der Waals surface area contributed by atoms with Gasteiger partial charge in [-0.05, 0) is 57.9 Å². The zero-order valence-corrected chi connectivity index (χ0v) is 15.4. The zero-order valence-electron chi connectivity index (χ0n) is 14.6. The monoisotopic (exact) mass is 353 g/mol. The molecule has 134 valence electrons. The second-order valence-corrected chi connectivity index (χ2v) is 8.92.